The molecule has 0 aromatic carbocycles. The summed E-state index contributed by atoms with van der Waals surface area (Å²) < 4.78 is 10.2. The molecule has 1 aromatic heterocycles. The number of morpholine rings is 1. The van der Waals surface area contributed by atoms with E-state index >= 15 is 0 Å². The summed E-state index contributed by atoms with van der Waals surface area (Å²) in [5, 5.41) is 0. The second kappa shape index (κ2) is 11.2. The summed E-state index contributed by atoms with van der Waals surface area (Å²) in [6.45, 7) is 7.09. The largest absolute Gasteiger partial charge is 0.462 e. The van der Waals surface area contributed by atoms with Crippen LogP contribution in [0.15, 0.2) is 18.3 Å². The van der Waals surface area contributed by atoms with Gasteiger partial charge in [-0.15, -0.1) is 11.8 Å². The molecule has 0 atom stereocenters. The molecule has 0 radical (unpaired) electrons. The number of carbonyl (C=O) groups excluding carboxylic acids is 3. The number of rotatable bonds is 7. The molecule has 1 aromatic rings. The predicted molar refractivity (Wildman–Crippen MR) is 114 cm³/mol. The fourth-order valence-corrected chi connectivity index (χ4v) is 4.13. The number of aromatic nitrogens is 1. The molecule has 2 aliphatic rings. The van der Waals surface area contributed by atoms with Gasteiger partial charge in [-0.1, -0.05) is 0 Å². The van der Waals surface area contributed by atoms with Crippen LogP contribution in [0.2, 0.25) is 0 Å². The van der Waals surface area contributed by atoms with Crippen molar-refractivity contribution in [2.45, 2.75) is 6.92 Å². The minimum Gasteiger partial charge on any atom is -0.462 e. The van der Waals surface area contributed by atoms with E-state index in [1.165, 1.54) is 18.0 Å². The van der Waals surface area contributed by atoms with Gasteiger partial charge in [0.1, 0.15) is 5.82 Å². The Kier molecular flexibility index (Phi) is 8.32. The first-order valence-corrected chi connectivity index (χ1v) is 11.3. The predicted octanol–water partition coefficient (Wildman–Crippen LogP) is 0.499. The highest BCUT2D eigenvalue weighted by atomic mass is 32.2. The smallest absolute Gasteiger partial charge is 0.339 e. The molecule has 2 amide bonds. The van der Waals surface area contributed by atoms with E-state index in [0.717, 1.165) is 5.82 Å². The molecular weight excluding hydrogens is 408 g/mol. The maximum atomic E-state index is 12.5. The maximum absolute atomic E-state index is 12.5. The van der Waals surface area contributed by atoms with Gasteiger partial charge in [0.05, 0.1) is 36.9 Å². The molecule has 3 heterocycles. The third kappa shape index (κ3) is 6.09. The number of amides is 2. The standard InChI is InChI=1S/C20H28N4O5S/c1-2-29-20(27)16-3-4-17(21-13-16)22-5-7-23(8-6-22)18(25)14-30-15-19(26)24-9-11-28-12-10-24/h3-4,13H,2,5-12,14-15H2,1H3. The van der Waals surface area contributed by atoms with E-state index in [9.17, 15) is 14.4 Å². The van der Waals surface area contributed by atoms with Gasteiger partial charge in [-0.05, 0) is 19.1 Å². The molecule has 9 nitrogen and oxygen atoms in total. The van der Waals surface area contributed by atoms with Crippen molar-refractivity contribution in [2.24, 2.45) is 0 Å². The van der Waals surface area contributed by atoms with Gasteiger partial charge >= 0.3 is 5.97 Å². The number of thioether (sulfide) groups is 1. The van der Waals surface area contributed by atoms with Crippen LogP contribution in [-0.2, 0) is 19.1 Å². The van der Waals surface area contributed by atoms with Gasteiger partial charge in [-0.3, -0.25) is 9.59 Å². The van der Waals surface area contributed by atoms with Crippen LogP contribution >= 0.6 is 11.8 Å². The van der Waals surface area contributed by atoms with Gasteiger partial charge in [0.25, 0.3) is 0 Å². The molecule has 0 saturated carbocycles. The molecule has 2 saturated heterocycles. The molecule has 0 N–H and O–H groups in total. The summed E-state index contributed by atoms with van der Waals surface area (Å²) >= 11 is 1.37. The first-order valence-electron chi connectivity index (χ1n) is 10.2. The summed E-state index contributed by atoms with van der Waals surface area (Å²) in [5.74, 6) is 1.15. The summed E-state index contributed by atoms with van der Waals surface area (Å²) in [7, 11) is 0. The number of anilines is 1. The van der Waals surface area contributed by atoms with Crippen molar-refractivity contribution >= 4 is 35.4 Å². The summed E-state index contributed by atoms with van der Waals surface area (Å²) in [6, 6.07) is 3.51. The van der Waals surface area contributed by atoms with E-state index in [1.807, 2.05) is 4.90 Å². The second-order valence-electron chi connectivity index (χ2n) is 6.98. The SMILES string of the molecule is CCOC(=O)c1ccc(N2CCN(C(=O)CSCC(=O)N3CCOCC3)CC2)nc1. The number of ether oxygens (including phenoxy) is 2. The highest BCUT2D eigenvalue weighted by Gasteiger charge is 2.23. The topological polar surface area (TPSA) is 92.3 Å². The van der Waals surface area contributed by atoms with Crippen molar-refractivity contribution in [2.75, 3.05) is 75.5 Å². The fourth-order valence-electron chi connectivity index (χ4n) is 3.31. The summed E-state index contributed by atoms with van der Waals surface area (Å²) in [6.07, 6.45) is 1.52. The van der Waals surface area contributed by atoms with Gasteiger partial charge in [0, 0.05) is 45.5 Å². The third-order valence-corrected chi connectivity index (χ3v) is 5.93. The lowest BCUT2D eigenvalue weighted by atomic mass is 10.2. The van der Waals surface area contributed by atoms with Crippen LogP contribution in [0.3, 0.4) is 0 Å². The summed E-state index contributed by atoms with van der Waals surface area (Å²) in [4.78, 5) is 46.4. The van der Waals surface area contributed by atoms with E-state index in [4.69, 9.17) is 9.47 Å². The van der Waals surface area contributed by atoms with Crippen molar-refractivity contribution in [3.05, 3.63) is 23.9 Å². The van der Waals surface area contributed by atoms with E-state index in [1.54, 1.807) is 24.0 Å². The zero-order valence-corrected chi connectivity index (χ0v) is 18.1. The van der Waals surface area contributed by atoms with E-state index < -0.39 is 0 Å². The molecule has 0 spiro atoms. The normalized spacial score (nSPS) is 17.0. The molecule has 0 aliphatic carbocycles. The Bertz CT molecular complexity index is 731. The Balaban J connectivity index is 1.38. The van der Waals surface area contributed by atoms with Crippen LogP contribution in [0.25, 0.3) is 0 Å². The Morgan fingerprint density at radius 2 is 1.63 bits per heavy atom. The van der Waals surface area contributed by atoms with Crippen molar-refractivity contribution in [3.8, 4) is 0 Å². The minimum absolute atomic E-state index is 0.0556. The Labute approximate surface area is 180 Å². The maximum Gasteiger partial charge on any atom is 0.339 e. The highest BCUT2D eigenvalue weighted by Crippen LogP contribution is 2.16. The van der Waals surface area contributed by atoms with Gasteiger partial charge in [0.15, 0.2) is 0 Å². The van der Waals surface area contributed by atoms with Crippen LogP contribution in [0.1, 0.15) is 17.3 Å². The van der Waals surface area contributed by atoms with Gasteiger partial charge in [-0.2, -0.15) is 0 Å². The number of hydrogen-bond donors (Lipinski definition) is 0. The van der Waals surface area contributed by atoms with Crippen molar-refractivity contribution in [1.82, 2.24) is 14.8 Å². The van der Waals surface area contributed by atoms with Gasteiger partial charge in [0.2, 0.25) is 11.8 Å². The van der Waals surface area contributed by atoms with Gasteiger partial charge < -0.3 is 24.2 Å². The van der Waals surface area contributed by atoms with Crippen LogP contribution in [0.5, 0.6) is 0 Å². The Morgan fingerprint density at radius 3 is 2.20 bits per heavy atom. The highest BCUT2D eigenvalue weighted by molar-refractivity contribution is 8.00. The fraction of sp³-hybridized carbons (Fsp3) is 0.600. The lowest BCUT2D eigenvalue weighted by Crippen LogP contribution is -2.49. The quantitative estimate of drug-likeness (QED) is 0.571. The van der Waals surface area contributed by atoms with Gasteiger partial charge in [-0.25, -0.2) is 9.78 Å². The van der Waals surface area contributed by atoms with Crippen LogP contribution in [0.4, 0.5) is 5.82 Å². The van der Waals surface area contributed by atoms with Crippen LogP contribution in [-0.4, -0.2) is 103 Å². The van der Waals surface area contributed by atoms with E-state index in [2.05, 4.69) is 9.88 Å². The van der Waals surface area contributed by atoms with E-state index in [0.29, 0.717) is 76.2 Å². The lowest BCUT2D eigenvalue weighted by Gasteiger charge is -2.35. The monoisotopic (exact) mass is 436 g/mol. The van der Waals surface area contributed by atoms with Crippen molar-refractivity contribution in [3.63, 3.8) is 0 Å². The number of carbonyl (C=O) groups is 3. The second-order valence-corrected chi connectivity index (χ2v) is 7.96. The molecule has 2 aliphatic heterocycles. The first-order chi connectivity index (χ1) is 14.6. The number of pyridine rings is 1. The molecular formula is C20H28N4O5S. The molecule has 164 valence electrons. The Morgan fingerprint density at radius 1 is 1.00 bits per heavy atom. The number of piperazine rings is 1. The molecule has 0 bridgehead atoms. The zero-order valence-electron chi connectivity index (χ0n) is 17.2. The zero-order chi connectivity index (χ0) is 21.3. The number of esters is 1. The number of hydrogen-bond acceptors (Lipinski definition) is 8. The van der Waals surface area contributed by atoms with Crippen molar-refractivity contribution in [1.29, 1.82) is 0 Å². The first kappa shape index (κ1) is 22.4. The molecule has 2 fully saturated rings. The third-order valence-electron chi connectivity index (χ3n) is 5.03. The van der Waals surface area contributed by atoms with Crippen LogP contribution < -0.4 is 4.90 Å². The summed E-state index contributed by atoms with van der Waals surface area (Å²) in [5.41, 5.74) is 0.429. The van der Waals surface area contributed by atoms with Crippen molar-refractivity contribution < 1.29 is 23.9 Å². The minimum atomic E-state index is -0.378. The lowest BCUT2D eigenvalue weighted by molar-refractivity contribution is -0.132. The average molecular weight is 437 g/mol. The molecule has 0 unspecified atom stereocenters. The van der Waals surface area contributed by atoms with E-state index in [-0.39, 0.29) is 17.8 Å². The number of nitrogens with zero attached hydrogens (tertiary/aromatic N) is 4. The molecule has 30 heavy (non-hydrogen) atoms. The Hall–Kier alpha value is -2.33. The average Bonchev–Trinajstić information content (AvgIpc) is 2.80. The molecule has 10 heteroatoms. The van der Waals surface area contributed by atoms with Crippen LogP contribution in [0, 0.1) is 0 Å². The molecule has 3 rings (SSSR count).